The number of hydrogen-bond acceptors (Lipinski definition) is 3. The van der Waals surface area contributed by atoms with Gasteiger partial charge in [0.05, 0.1) is 6.20 Å². The minimum absolute atomic E-state index is 0. The summed E-state index contributed by atoms with van der Waals surface area (Å²) < 4.78 is 0. The molecule has 0 fully saturated rings. The fourth-order valence-corrected chi connectivity index (χ4v) is 0.357. The minimum atomic E-state index is -0.583. The van der Waals surface area contributed by atoms with Crippen molar-refractivity contribution in [3.05, 3.63) is 22.5 Å². The maximum Gasteiger partial charge on any atom is 0.432 e. The number of H-pyrrole nitrogens is 1. The van der Waals surface area contributed by atoms with Crippen LogP contribution in [0, 0.1) is 10.1 Å². The molecule has 0 atom stereocenters. The van der Waals surface area contributed by atoms with E-state index in [9.17, 15) is 10.1 Å². The molecule has 5 nitrogen and oxygen atoms in total. The molecule has 0 aliphatic carbocycles. The van der Waals surface area contributed by atoms with E-state index < -0.39 is 4.92 Å². The molecular weight excluding hydrogens is 190 g/mol. The number of imidazole rings is 1. The number of nitrogens with zero attached hydrogens (tertiary/aromatic N) is 2. The molecule has 1 N–H and O–H groups in total. The van der Waals surface area contributed by atoms with E-state index in [1.165, 1.54) is 12.4 Å². The largest absolute Gasteiger partial charge is 0.432 e. The first-order valence-corrected chi connectivity index (χ1v) is 1.94. The third kappa shape index (κ3) is 1.80. The summed E-state index contributed by atoms with van der Waals surface area (Å²) >= 11 is 0. The molecule has 9 heavy (non-hydrogen) atoms. The molecule has 0 amide bonds. The van der Waals surface area contributed by atoms with Crippen molar-refractivity contribution in [2.24, 2.45) is 0 Å². The number of nitrogens with one attached hydrogen (secondary N) is 1. The summed E-state index contributed by atoms with van der Waals surface area (Å²) in [7, 11) is 0. The molecule has 0 bridgehead atoms. The van der Waals surface area contributed by atoms with Gasteiger partial charge in [0, 0.05) is 0 Å². The Labute approximate surface area is 61.0 Å². The van der Waals surface area contributed by atoms with E-state index in [4.69, 9.17) is 0 Å². The predicted molar refractivity (Wildman–Crippen MR) is 35.6 cm³/mol. The average Bonchev–Trinajstić information content (AvgIpc) is 2.12. The van der Waals surface area contributed by atoms with Gasteiger partial charge in [-0.3, -0.25) is 0 Å². The van der Waals surface area contributed by atoms with Crippen LogP contribution in [-0.2, 0) is 0 Å². The second-order valence-electron chi connectivity index (χ2n) is 1.17. The second kappa shape index (κ2) is 3.18. The molecule has 0 saturated heterocycles. The summed E-state index contributed by atoms with van der Waals surface area (Å²) in [6.07, 6.45) is 2.73. The van der Waals surface area contributed by atoms with Gasteiger partial charge in [-0.1, -0.05) is 4.98 Å². The molecule has 0 aromatic carbocycles. The van der Waals surface area contributed by atoms with E-state index in [1.54, 1.807) is 0 Å². The van der Waals surface area contributed by atoms with Gasteiger partial charge in [-0.05, 0) is 4.92 Å². The molecule has 0 spiro atoms. The first kappa shape index (κ1) is 8.09. The molecule has 0 aliphatic heterocycles. The van der Waals surface area contributed by atoms with Gasteiger partial charge in [-0.15, -0.1) is 17.0 Å². The molecule has 1 rings (SSSR count). The minimum Gasteiger partial charge on any atom is -0.390 e. The second-order valence-corrected chi connectivity index (χ2v) is 1.17. The highest BCUT2D eigenvalue weighted by atomic mass is 79.9. The summed E-state index contributed by atoms with van der Waals surface area (Å²) in [5, 5.41) is 9.77. The van der Waals surface area contributed by atoms with Crippen molar-refractivity contribution >= 4 is 22.9 Å². The van der Waals surface area contributed by atoms with E-state index >= 15 is 0 Å². The number of rotatable bonds is 1. The van der Waals surface area contributed by atoms with Gasteiger partial charge >= 0.3 is 5.95 Å². The SMILES string of the molecule is Br.O=[N+]([O-])c1ncc[nH]1. The molecular formula is C3H4BrN3O2. The Morgan fingerprint density at radius 1 is 1.78 bits per heavy atom. The van der Waals surface area contributed by atoms with E-state index in [-0.39, 0.29) is 22.9 Å². The average molecular weight is 194 g/mol. The standard InChI is InChI=1S/C3H3N3O2.BrH/c7-6(8)3-4-1-2-5-3;/h1-2H,(H,4,5);1H. The number of nitro groups is 1. The van der Waals surface area contributed by atoms with Crippen LogP contribution >= 0.6 is 17.0 Å². The topological polar surface area (TPSA) is 71.8 Å². The van der Waals surface area contributed by atoms with E-state index in [0.29, 0.717) is 0 Å². The first-order valence-electron chi connectivity index (χ1n) is 1.94. The van der Waals surface area contributed by atoms with Crippen molar-refractivity contribution in [1.82, 2.24) is 9.97 Å². The highest BCUT2D eigenvalue weighted by molar-refractivity contribution is 8.93. The zero-order valence-corrected chi connectivity index (χ0v) is 5.99. The summed E-state index contributed by atoms with van der Waals surface area (Å²) in [4.78, 5) is 14.9. The van der Waals surface area contributed by atoms with E-state index in [1.807, 2.05) is 0 Å². The van der Waals surface area contributed by atoms with Crippen LogP contribution in [0.2, 0.25) is 0 Å². The first-order chi connectivity index (χ1) is 3.80. The monoisotopic (exact) mass is 193 g/mol. The van der Waals surface area contributed by atoms with Gasteiger partial charge < -0.3 is 10.1 Å². The third-order valence-corrected chi connectivity index (χ3v) is 0.657. The van der Waals surface area contributed by atoms with Gasteiger partial charge in [0.1, 0.15) is 6.20 Å². The Morgan fingerprint density at radius 2 is 2.44 bits per heavy atom. The Hall–Kier alpha value is -0.910. The lowest BCUT2D eigenvalue weighted by molar-refractivity contribution is -0.393. The fourth-order valence-electron chi connectivity index (χ4n) is 0.357. The van der Waals surface area contributed by atoms with Gasteiger partial charge in [0.25, 0.3) is 0 Å². The van der Waals surface area contributed by atoms with Crippen LogP contribution in [-0.4, -0.2) is 14.9 Å². The van der Waals surface area contributed by atoms with Gasteiger partial charge in [-0.25, -0.2) is 4.98 Å². The maximum absolute atomic E-state index is 9.77. The summed E-state index contributed by atoms with van der Waals surface area (Å²) in [6.45, 7) is 0. The van der Waals surface area contributed by atoms with Gasteiger partial charge in [-0.2, -0.15) is 0 Å². The zero-order chi connectivity index (χ0) is 5.98. The lowest BCUT2D eigenvalue weighted by atomic mass is 11.0. The molecule has 0 unspecified atom stereocenters. The Bertz CT molecular complexity index is 185. The number of halogens is 1. The van der Waals surface area contributed by atoms with Crippen LogP contribution in [0.25, 0.3) is 0 Å². The van der Waals surface area contributed by atoms with Crippen molar-refractivity contribution in [1.29, 1.82) is 0 Å². The van der Waals surface area contributed by atoms with Crippen molar-refractivity contribution < 1.29 is 4.92 Å². The highest BCUT2D eigenvalue weighted by Crippen LogP contribution is 1.96. The Kier molecular flexibility index (Phi) is 2.86. The van der Waals surface area contributed by atoms with Crippen molar-refractivity contribution in [3.8, 4) is 0 Å². The van der Waals surface area contributed by atoms with Gasteiger partial charge in [0.2, 0.25) is 0 Å². The molecule has 50 valence electrons. The summed E-state index contributed by atoms with van der Waals surface area (Å²) in [5.41, 5.74) is 0. The van der Waals surface area contributed by atoms with Crippen molar-refractivity contribution in [3.63, 3.8) is 0 Å². The molecule has 0 radical (unpaired) electrons. The molecule has 1 aromatic rings. The smallest absolute Gasteiger partial charge is 0.390 e. The molecule has 0 saturated carbocycles. The van der Waals surface area contributed by atoms with Crippen LogP contribution in [0.15, 0.2) is 12.4 Å². The van der Waals surface area contributed by atoms with Crippen molar-refractivity contribution in [2.75, 3.05) is 0 Å². The van der Waals surface area contributed by atoms with Crippen LogP contribution < -0.4 is 0 Å². The Morgan fingerprint density at radius 3 is 2.67 bits per heavy atom. The lowest BCUT2D eigenvalue weighted by Crippen LogP contribution is -1.88. The van der Waals surface area contributed by atoms with Crippen LogP contribution in [0.4, 0.5) is 5.95 Å². The Balaban J connectivity index is 0.000000640. The van der Waals surface area contributed by atoms with Gasteiger partial charge in [0.15, 0.2) is 0 Å². The summed E-state index contributed by atoms with van der Waals surface area (Å²) in [6, 6.07) is 0. The highest BCUT2D eigenvalue weighted by Gasteiger charge is 2.01. The van der Waals surface area contributed by atoms with E-state index in [2.05, 4.69) is 9.97 Å². The lowest BCUT2D eigenvalue weighted by Gasteiger charge is -1.83. The fraction of sp³-hybridized carbons (Fsp3) is 0. The zero-order valence-electron chi connectivity index (χ0n) is 4.27. The normalized spacial score (nSPS) is 8.00. The molecule has 6 heteroatoms. The quantitative estimate of drug-likeness (QED) is 0.533. The van der Waals surface area contributed by atoms with E-state index in [0.717, 1.165) is 0 Å². The molecule has 1 aromatic heterocycles. The van der Waals surface area contributed by atoms with Crippen LogP contribution in [0.5, 0.6) is 0 Å². The van der Waals surface area contributed by atoms with Crippen molar-refractivity contribution in [2.45, 2.75) is 0 Å². The number of hydrogen-bond donors (Lipinski definition) is 1. The van der Waals surface area contributed by atoms with Crippen LogP contribution in [0.3, 0.4) is 0 Å². The number of aromatic amines is 1. The molecule has 1 heterocycles. The number of aromatic nitrogens is 2. The predicted octanol–water partition coefficient (Wildman–Crippen LogP) is 0.896. The molecule has 0 aliphatic rings. The maximum atomic E-state index is 9.77. The van der Waals surface area contributed by atoms with Crippen LogP contribution in [0.1, 0.15) is 0 Å². The third-order valence-electron chi connectivity index (χ3n) is 0.657. The summed E-state index contributed by atoms with van der Waals surface area (Å²) in [5.74, 6) is -0.218.